The van der Waals surface area contributed by atoms with Crippen LogP contribution in [0.2, 0.25) is 0 Å². The number of oxazole rings is 1. The summed E-state index contributed by atoms with van der Waals surface area (Å²) in [6.45, 7) is 2.32. The number of aromatic nitrogens is 3. The van der Waals surface area contributed by atoms with Crippen LogP contribution in [0.25, 0.3) is 11.1 Å². The molecule has 10 nitrogen and oxygen atoms in total. The van der Waals surface area contributed by atoms with Crippen LogP contribution in [0.5, 0.6) is 0 Å². The Bertz CT molecular complexity index is 1400. The fraction of sp³-hybridized carbons (Fsp3) is 0.222. The number of urea groups is 1. The summed E-state index contributed by atoms with van der Waals surface area (Å²) in [5, 5.41) is 3.27. The number of hydrogen-bond donors (Lipinski definition) is 1. The second kappa shape index (κ2) is 9.73. The monoisotopic (exact) mass is 495 g/mol. The summed E-state index contributed by atoms with van der Waals surface area (Å²) >= 11 is 0. The SMILES string of the molecule is O=C1CCCN1c1ccc(-c2ccc(Nc3cncc(N4CCN(Cc5cnco5)C4=O)c3)nc2)cc1. The van der Waals surface area contributed by atoms with Crippen LogP contribution < -0.4 is 15.1 Å². The normalized spacial score (nSPS) is 15.6. The number of pyridine rings is 2. The minimum atomic E-state index is -0.0991. The zero-order valence-electron chi connectivity index (χ0n) is 20.1. The van der Waals surface area contributed by atoms with Gasteiger partial charge in [-0.1, -0.05) is 12.1 Å². The van der Waals surface area contributed by atoms with E-state index in [2.05, 4.69) is 20.3 Å². The molecule has 37 heavy (non-hydrogen) atoms. The van der Waals surface area contributed by atoms with E-state index in [4.69, 9.17) is 4.42 Å². The molecular formula is C27H25N7O3. The first-order chi connectivity index (χ1) is 18.1. The molecule has 1 N–H and O–H groups in total. The third-order valence-electron chi connectivity index (χ3n) is 6.58. The van der Waals surface area contributed by atoms with Crippen molar-refractivity contribution in [3.8, 4) is 11.1 Å². The second-order valence-corrected chi connectivity index (χ2v) is 9.01. The molecular weight excluding hydrogens is 470 g/mol. The predicted octanol–water partition coefficient (Wildman–Crippen LogP) is 4.44. The summed E-state index contributed by atoms with van der Waals surface area (Å²) in [4.78, 5) is 42.9. The van der Waals surface area contributed by atoms with Gasteiger partial charge in [-0.15, -0.1) is 0 Å². The summed E-state index contributed by atoms with van der Waals surface area (Å²) in [5.74, 6) is 1.50. The molecule has 1 aromatic carbocycles. The smallest absolute Gasteiger partial charge is 0.325 e. The number of amides is 3. The third-order valence-corrected chi connectivity index (χ3v) is 6.58. The molecule has 3 aromatic heterocycles. The van der Waals surface area contributed by atoms with Gasteiger partial charge in [-0.2, -0.15) is 0 Å². The second-order valence-electron chi connectivity index (χ2n) is 9.01. The van der Waals surface area contributed by atoms with Gasteiger partial charge < -0.3 is 19.5 Å². The zero-order chi connectivity index (χ0) is 25.2. The molecule has 2 saturated heterocycles. The zero-order valence-corrected chi connectivity index (χ0v) is 20.1. The predicted molar refractivity (Wildman–Crippen MR) is 138 cm³/mol. The molecule has 0 spiro atoms. The first-order valence-corrected chi connectivity index (χ1v) is 12.2. The highest BCUT2D eigenvalue weighted by Crippen LogP contribution is 2.28. The van der Waals surface area contributed by atoms with Crippen molar-refractivity contribution >= 4 is 34.8 Å². The molecule has 0 bridgehead atoms. The quantitative estimate of drug-likeness (QED) is 0.404. The molecule has 4 aromatic rings. The summed E-state index contributed by atoms with van der Waals surface area (Å²) in [6, 6.07) is 13.7. The van der Waals surface area contributed by atoms with Gasteiger partial charge in [0, 0.05) is 43.5 Å². The molecule has 0 aliphatic carbocycles. The summed E-state index contributed by atoms with van der Waals surface area (Å²) in [6.07, 6.45) is 9.69. The lowest BCUT2D eigenvalue weighted by Crippen LogP contribution is -2.31. The number of anilines is 4. The summed E-state index contributed by atoms with van der Waals surface area (Å²) in [7, 11) is 0. The van der Waals surface area contributed by atoms with Gasteiger partial charge in [-0.05, 0) is 42.3 Å². The molecule has 0 unspecified atom stereocenters. The summed E-state index contributed by atoms with van der Waals surface area (Å²) in [5.41, 5.74) is 4.39. The Labute approximate surface area is 213 Å². The number of carbonyl (C=O) groups is 2. The van der Waals surface area contributed by atoms with Crippen molar-refractivity contribution in [2.45, 2.75) is 19.4 Å². The van der Waals surface area contributed by atoms with Gasteiger partial charge in [0.2, 0.25) is 5.91 Å². The Morgan fingerprint density at radius 3 is 2.43 bits per heavy atom. The molecule has 0 saturated carbocycles. The van der Waals surface area contributed by atoms with Crippen molar-refractivity contribution in [3.05, 3.63) is 79.4 Å². The van der Waals surface area contributed by atoms with E-state index in [1.54, 1.807) is 34.6 Å². The van der Waals surface area contributed by atoms with Crippen molar-refractivity contribution in [1.82, 2.24) is 19.9 Å². The number of hydrogen-bond acceptors (Lipinski definition) is 7. The van der Waals surface area contributed by atoms with Crippen LogP contribution in [-0.4, -0.2) is 51.4 Å². The van der Waals surface area contributed by atoms with Crippen molar-refractivity contribution in [2.24, 2.45) is 0 Å². The summed E-state index contributed by atoms with van der Waals surface area (Å²) < 4.78 is 5.27. The van der Waals surface area contributed by atoms with E-state index < -0.39 is 0 Å². The average molecular weight is 496 g/mol. The van der Waals surface area contributed by atoms with Crippen LogP contribution >= 0.6 is 0 Å². The van der Waals surface area contributed by atoms with E-state index in [-0.39, 0.29) is 11.9 Å². The highest BCUT2D eigenvalue weighted by atomic mass is 16.3. The number of benzene rings is 1. The molecule has 5 heterocycles. The van der Waals surface area contributed by atoms with Crippen molar-refractivity contribution in [1.29, 1.82) is 0 Å². The van der Waals surface area contributed by atoms with Crippen LogP contribution in [0, 0.1) is 0 Å². The van der Waals surface area contributed by atoms with Gasteiger partial charge in [0.1, 0.15) is 11.6 Å². The van der Waals surface area contributed by atoms with Crippen LogP contribution in [0.3, 0.4) is 0 Å². The maximum absolute atomic E-state index is 12.9. The van der Waals surface area contributed by atoms with Crippen molar-refractivity contribution in [3.63, 3.8) is 0 Å². The highest BCUT2D eigenvalue weighted by Gasteiger charge is 2.30. The minimum Gasteiger partial charge on any atom is -0.447 e. The largest absolute Gasteiger partial charge is 0.447 e. The molecule has 6 rings (SSSR count). The van der Waals surface area contributed by atoms with Gasteiger partial charge in [0.15, 0.2) is 6.39 Å². The third kappa shape index (κ3) is 4.73. The van der Waals surface area contributed by atoms with E-state index in [0.717, 1.165) is 35.5 Å². The lowest BCUT2D eigenvalue weighted by atomic mass is 10.1. The maximum atomic E-state index is 12.9. The highest BCUT2D eigenvalue weighted by molar-refractivity contribution is 5.95. The lowest BCUT2D eigenvalue weighted by molar-refractivity contribution is -0.117. The lowest BCUT2D eigenvalue weighted by Gasteiger charge is -2.18. The fourth-order valence-corrected chi connectivity index (χ4v) is 4.66. The van der Waals surface area contributed by atoms with Gasteiger partial charge in [0.05, 0.1) is 36.5 Å². The number of carbonyl (C=O) groups excluding carboxylic acids is 2. The average Bonchev–Trinajstić information content (AvgIpc) is 3.68. The molecule has 10 heteroatoms. The molecule has 2 aliphatic heterocycles. The van der Waals surface area contributed by atoms with Crippen LogP contribution in [0.15, 0.2) is 78.1 Å². The first kappa shape index (κ1) is 22.7. The van der Waals surface area contributed by atoms with Crippen molar-refractivity contribution in [2.75, 3.05) is 34.8 Å². The molecule has 186 valence electrons. The van der Waals surface area contributed by atoms with Gasteiger partial charge in [-0.25, -0.2) is 14.8 Å². The Balaban J connectivity index is 1.11. The molecule has 0 radical (unpaired) electrons. The number of rotatable bonds is 7. The molecule has 2 fully saturated rings. The van der Waals surface area contributed by atoms with E-state index in [0.29, 0.717) is 43.3 Å². The Morgan fingerprint density at radius 1 is 0.838 bits per heavy atom. The first-order valence-electron chi connectivity index (χ1n) is 12.2. The van der Waals surface area contributed by atoms with E-state index >= 15 is 0 Å². The standard InChI is InChI=1S/C27H25N7O3/c35-26-2-1-9-33(26)22-6-3-19(4-7-22)20-5-8-25(30-13-20)31-21-12-23(15-28-14-21)34-11-10-32(27(34)36)17-24-16-29-18-37-24/h3-8,12-16,18H,1-2,9-11,17H2,(H,30,31). The van der Waals surface area contributed by atoms with Gasteiger partial charge in [0.25, 0.3) is 0 Å². The van der Waals surface area contributed by atoms with Crippen LogP contribution in [0.4, 0.5) is 27.7 Å². The number of nitrogens with zero attached hydrogens (tertiary/aromatic N) is 6. The van der Waals surface area contributed by atoms with E-state index in [1.165, 1.54) is 6.39 Å². The topological polar surface area (TPSA) is 108 Å². The van der Waals surface area contributed by atoms with Crippen LogP contribution in [0.1, 0.15) is 18.6 Å². The van der Waals surface area contributed by atoms with Gasteiger partial charge >= 0.3 is 6.03 Å². The minimum absolute atomic E-state index is 0.0991. The van der Waals surface area contributed by atoms with Crippen molar-refractivity contribution < 1.29 is 14.0 Å². The van der Waals surface area contributed by atoms with E-state index in [9.17, 15) is 9.59 Å². The maximum Gasteiger partial charge on any atom is 0.325 e. The van der Waals surface area contributed by atoms with E-state index in [1.807, 2.05) is 47.4 Å². The van der Waals surface area contributed by atoms with Gasteiger partial charge in [-0.3, -0.25) is 14.7 Å². The molecule has 2 aliphatic rings. The Morgan fingerprint density at radius 2 is 1.70 bits per heavy atom. The fourth-order valence-electron chi connectivity index (χ4n) is 4.66. The Kier molecular flexibility index (Phi) is 5.97. The molecule has 0 atom stereocenters. The Hall–Kier alpha value is -4.73. The number of nitrogens with one attached hydrogen (secondary N) is 1. The van der Waals surface area contributed by atoms with Crippen LogP contribution in [-0.2, 0) is 11.3 Å². The molecule has 3 amide bonds.